The maximum atomic E-state index is 12.5. The Morgan fingerprint density at radius 3 is 2.50 bits per heavy atom. The van der Waals surface area contributed by atoms with E-state index in [0.717, 1.165) is 22.1 Å². The Kier molecular flexibility index (Phi) is 3.56. The molecule has 0 radical (unpaired) electrons. The highest BCUT2D eigenvalue weighted by Crippen LogP contribution is 2.23. The highest BCUT2D eigenvalue weighted by Gasteiger charge is 2.11. The van der Waals surface area contributed by atoms with Crippen molar-refractivity contribution in [2.75, 3.05) is 5.32 Å². The van der Waals surface area contributed by atoms with Crippen molar-refractivity contribution in [2.24, 2.45) is 0 Å². The number of nitrogens with zero attached hydrogens (tertiary/aromatic N) is 2. The quantitative estimate of drug-likeness (QED) is 0.614. The lowest BCUT2D eigenvalue weighted by atomic mass is 10.1. The van der Waals surface area contributed by atoms with Gasteiger partial charge in [-0.1, -0.05) is 54.6 Å². The molecule has 0 spiro atoms. The molecule has 4 nitrogen and oxygen atoms in total. The van der Waals surface area contributed by atoms with E-state index < -0.39 is 0 Å². The number of carbonyl (C=O) groups excluding carboxylic acids is 1. The van der Waals surface area contributed by atoms with E-state index in [9.17, 15) is 4.79 Å². The number of benzene rings is 3. The summed E-state index contributed by atoms with van der Waals surface area (Å²) in [7, 11) is 0. The smallest absolute Gasteiger partial charge is 0.258 e. The summed E-state index contributed by atoms with van der Waals surface area (Å²) in [5.41, 5.74) is 2.24. The van der Waals surface area contributed by atoms with Gasteiger partial charge in [0.2, 0.25) is 0 Å². The molecular formula is C20H15N3O. The first-order valence-electron chi connectivity index (χ1n) is 7.70. The zero-order valence-corrected chi connectivity index (χ0v) is 12.9. The van der Waals surface area contributed by atoms with Crippen LogP contribution in [0.2, 0.25) is 0 Å². The largest absolute Gasteiger partial charge is 0.321 e. The molecule has 4 rings (SSSR count). The van der Waals surface area contributed by atoms with Gasteiger partial charge in [-0.05, 0) is 23.6 Å². The lowest BCUT2D eigenvalue weighted by molar-refractivity contribution is 0.102. The number of anilines is 1. The number of aromatic nitrogens is 2. The third kappa shape index (κ3) is 2.65. The Labute approximate surface area is 139 Å². The number of fused-ring (bicyclic) bond motifs is 1. The molecule has 0 aliphatic carbocycles. The second-order valence-corrected chi connectivity index (χ2v) is 5.49. The van der Waals surface area contributed by atoms with Gasteiger partial charge in [-0.15, -0.1) is 0 Å². The van der Waals surface area contributed by atoms with Gasteiger partial charge in [0.15, 0.2) is 0 Å². The molecule has 0 fully saturated rings. The highest BCUT2D eigenvalue weighted by atomic mass is 16.1. The molecule has 0 aliphatic rings. The first-order chi connectivity index (χ1) is 11.8. The monoisotopic (exact) mass is 313 g/mol. The number of rotatable bonds is 3. The van der Waals surface area contributed by atoms with Crippen molar-refractivity contribution in [1.82, 2.24) is 9.78 Å². The lowest BCUT2D eigenvalue weighted by Crippen LogP contribution is -2.11. The third-order valence-electron chi connectivity index (χ3n) is 3.90. The van der Waals surface area contributed by atoms with Gasteiger partial charge < -0.3 is 5.32 Å². The molecular weight excluding hydrogens is 298 g/mol. The molecule has 0 aliphatic heterocycles. The van der Waals surface area contributed by atoms with Gasteiger partial charge in [0.1, 0.15) is 0 Å². The molecule has 24 heavy (non-hydrogen) atoms. The Morgan fingerprint density at radius 2 is 1.62 bits per heavy atom. The molecule has 0 saturated heterocycles. The normalized spacial score (nSPS) is 10.7. The summed E-state index contributed by atoms with van der Waals surface area (Å²) in [6, 6.07) is 23.5. The average molecular weight is 313 g/mol. The van der Waals surface area contributed by atoms with Crippen molar-refractivity contribution in [2.45, 2.75) is 0 Å². The summed E-state index contributed by atoms with van der Waals surface area (Å²) in [5, 5.41) is 9.35. The fraction of sp³-hybridized carbons (Fsp3) is 0. The van der Waals surface area contributed by atoms with Gasteiger partial charge in [0.05, 0.1) is 17.4 Å². The first-order valence-corrected chi connectivity index (χ1v) is 7.70. The van der Waals surface area contributed by atoms with E-state index in [2.05, 4.69) is 10.4 Å². The van der Waals surface area contributed by atoms with Crippen LogP contribution in [0.1, 0.15) is 10.4 Å². The zero-order valence-electron chi connectivity index (χ0n) is 12.9. The Balaban J connectivity index is 1.62. The number of para-hydroxylation sites is 1. The molecule has 0 bridgehead atoms. The van der Waals surface area contributed by atoms with Crippen LogP contribution in [0.15, 0.2) is 85.2 Å². The van der Waals surface area contributed by atoms with E-state index in [1.54, 1.807) is 17.1 Å². The number of hydrogen-bond donors (Lipinski definition) is 1. The number of carbonyl (C=O) groups is 1. The van der Waals surface area contributed by atoms with Crippen LogP contribution in [0, 0.1) is 0 Å². The minimum absolute atomic E-state index is 0.173. The van der Waals surface area contributed by atoms with E-state index in [-0.39, 0.29) is 5.91 Å². The van der Waals surface area contributed by atoms with Crippen LogP contribution in [-0.2, 0) is 0 Å². The van der Waals surface area contributed by atoms with Crippen molar-refractivity contribution < 1.29 is 4.79 Å². The van der Waals surface area contributed by atoms with Crippen molar-refractivity contribution in [3.05, 3.63) is 90.8 Å². The van der Waals surface area contributed by atoms with Crippen LogP contribution in [-0.4, -0.2) is 15.7 Å². The van der Waals surface area contributed by atoms with Crippen LogP contribution >= 0.6 is 0 Å². The van der Waals surface area contributed by atoms with Crippen LogP contribution in [0.3, 0.4) is 0 Å². The van der Waals surface area contributed by atoms with E-state index >= 15 is 0 Å². The van der Waals surface area contributed by atoms with Gasteiger partial charge >= 0.3 is 0 Å². The molecule has 1 aromatic heterocycles. The van der Waals surface area contributed by atoms with Gasteiger partial charge in [-0.25, -0.2) is 4.68 Å². The summed E-state index contributed by atoms with van der Waals surface area (Å²) < 4.78 is 1.69. The lowest BCUT2D eigenvalue weighted by Gasteiger charge is -2.07. The average Bonchev–Trinajstić information content (AvgIpc) is 3.13. The molecule has 1 N–H and O–H groups in total. The second kappa shape index (κ2) is 6.01. The maximum absolute atomic E-state index is 12.5. The van der Waals surface area contributed by atoms with Crippen molar-refractivity contribution >= 4 is 22.4 Å². The van der Waals surface area contributed by atoms with Crippen LogP contribution < -0.4 is 5.32 Å². The SMILES string of the molecule is O=C(Nc1cccc2ccccc12)c1cnn(-c2ccccc2)c1. The minimum atomic E-state index is -0.173. The topological polar surface area (TPSA) is 46.9 Å². The van der Waals surface area contributed by atoms with Crippen LogP contribution in [0.25, 0.3) is 16.5 Å². The molecule has 3 aromatic carbocycles. The summed E-state index contributed by atoms with van der Waals surface area (Å²) >= 11 is 0. The fourth-order valence-corrected chi connectivity index (χ4v) is 2.69. The summed E-state index contributed by atoms with van der Waals surface area (Å²) in [6.45, 7) is 0. The molecule has 4 heteroatoms. The number of nitrogens with one attached hydrogen (secondary N) is 1. The van der Waals surface area contributed by atoms with Crippen LogP contribution in [0.4, 0.5) is 5.69 Å². The molecule has 0 atom stereocenters. The second-order valence-electron chi connectivity index (χ2n) is 5.49. The number of amides is 1. The summed E-state index contributed by atoms with van der Waals surface area (Å²) in [5.74, 6) is -0.173. The van der Waals surface area contributed by atoms with Crippen molar-refractivity contribution in [1.29, 1.82) is 0 Å². The summed E-state index contributed by atoms with van der Waals surface area (Å²) in [4.78, 5) is 12.5. The summed E-state index contributed by atoms with van der Waals surface area (Å²) in [6.07, 6.45) is 3.31. The zero-order chi connectivity index (χ0) is 16.4. The van der Waals surface area contributed by atoms with Gasteiger partial charge in [-0.2, -0.15) is 5.10 Å². The first kappa shape index (κ1) is 14.2. The van der Waals surface area contributed by atoms with E-state index in [1.807, 2.05) is 72.8 Å². The van der Waals surface area contributed by atoms with Crippen LogP contribution in [0.5, 0.6) is 0 Å². The molecule has 0 unspecified atom stereocenters. The van der Waals surface area contributed by atoms with E-state index in [0.29, 0.717) is 5.56 Å². The Hall–Kier alpha value is -3.40. The van der Waals surface area contributed by atoms with Gasteiger partial charge in [-0.3, -0.25) is 4.79 Å². The molecule has 116 valence electrons. The van der Waals surface area contributed by atoms with E-state index in [1.165, 1.54) is 0 Å². The van der Waals surface area contributed by atoms with E-state index in [4.69, 9.17) is 0 Å². The van der Waals surface area contributed by atoms with Crippen molar-refractivity contribution in [3.63, 3.8) is 0 Å². The molecule has 0 saturated carbocycles. The standard InChI is InChI=1S/C20H15N3O/c24-20(16-13-21-23(14-16)17-9-2-1-3-10-17)22-19-12-6-8-15-7-4-5-11-18(15)19/h1-14H,(H,22,24). The Morgan fingerprint density at radius 1 is 0.875 bits per heavy atom. The Bertz CT molecular complexity index is 1000. The number of hydrogen-bond acceptors (Lipinski definition) is 2. The third-order valence-corrected chi connectivity index (χ3v) is 3.90. The van der Waals surface area contributed by atoms with Crippen molar-refractivity contribution in [3.8, 4) is 5.69 Å². The van der Waals surface area contributed by atoms with Gasteiger partial charge in [0.25, 0.3) is 5.91 Å². The molecule has 4 aromatic rings. The fourth-order valence-electron chi connectivity index (χ4n) is 2.69. The predicted octanol–water partition coefficient (Wildman–Crippen LogP) is 4.28. The maximum Gasteiger partial charge on any atom is 0.258 e. The predicted molar refractivity (Wildman–Crippen MR) is 95.5 cm³/mol. The highest BCUT2D eigenvalue weighted by molar-refractivity contribution is 6.08. The molecule has 1 amide bonds. The van der Waals surface area contributed by atoms with Gasteiger partial charge in [0, 0.05) is 17.3 Å². The minimum Gasteiger partial charge on any atom is -0.321 e. The molecule has 1 heterocycles.